The SMILES string of the molecule is CCNC(C)(CO)CC(C)N1CCCC(C)(C)C1. The third-order valence-corrected chi connectivity index (χ3v) is 4.25. The highest BCUT2D eigenvalue weighted by molar-refractivity contribution is 4.89. The average Bonchev–Trinajstić information content (AvgIpc) is 2.28. The Hall–Kier alpha value is -0.120. The van der Waals surface area contributed by atoms with Crippen LogP contribution in [0.3, 0.4) is 0 Å². The normalized spacial score (nSPS) is 25.7. The minimum absolute atomic E-state index is 0.143. The zero-order valence-corrected chi connectivity index (χ0v) is 12.9. The van der Waals surface area contributed by atoms with Gasteiger partial charge in [0.05, 0.1) is 6.61 Å². The lowest BCUT2D eigenvalue weighted by molar-refractivity contribution is 0.0575. The molecule has 18 heavy (non-hydrogen) atoms. The van der Waals surface area contributed by atoms with Crippen LogP contribution < -0.4 is 5.32 Å². The maximum absolute atomic E-state index is 9.59. The molecule has 0 amide bonds. The second-order valence-electron chi connectivity index (χ2n) is 7.04. The van der Waals surface area contributed by atoms with Crippen LogP contribution in [0.25, 0.3) is 0 Å². The van der Waals surface area contributed by atoms with Gasteiger partial charge in [-0.15, -0.1) is 0 Å². The Bertz CT molecular complexity index is 255. The van der Waals surface area contributed by atoms with Crippen molar-refractivity contribution in [3.8, 4) is 0 Å². The first-order valence-corrected chi connectivity index (χ1v) is 7.42. The van der Waals surface area contributed by atoms with Crippen molar-refractivity contribution in [3.05, 3.63) is 0 Å². The van der Waals surface area contributed by atoms with Crippen LogP contribution in [0, 0.1) is 5.41 Å². The van der Waals surface area contributed by atoms with Gasteiger partial charge in [0.25, 0.3) is 0 Å². The van der Waals surface area contributed by atoms with Crippen LogP contribution in [-0.2, 0) is 0 Å². The summed E-state index contributed by atoms with van der Waals surface area (Å²) in [4.78, 5) is 2.59. The lowest BCUT2D eigenvalue weighted by Gasteiger charge is -2.43. The van der Waals surface area contributed by atoms with Crippen molar-refractivity contribution in [1.29, 1.82) is 0 Å². The fourth-order valence-corrected chi connectivity index (χ4v) is 3.25. The number of hydrogen-bond acceptors (Lipinski definition) is 3. The molecule has 0 saturated carbocycles. The van der Waals surface area contributed by atoms with E-state index < -0.39 is 0 Å². The molecule has 1 aliphatic rings. The summed E-state index contributed by atoms with van der Waals surface area (Å²) < 4.78 is 0. The number of piperidine rings is 1. The van der Waals surface area contributed by atoms with Gasteiger partial charge < -0.3 is 15.3 Å². The second kappa shape index (κ2) is 6.36. The van der Waals surface area contributed by atoms with E-state index in [1.807, 2.05) is 0 Å². The summed E-state index contributed by atoms with van der Waals surface area (Å²) >= 11 is 0. The Morgan fingerprint density at radius 1 is 1.44 bits per heavy atom. The third-order valence-electron chi connectivity index (χ3n) is 4.25. The molecule has 2 N–H and O–H groups in total. The van der Waals surface area contributed by atoms with Crippen LogP contribution in [0.1, 0.15) is 53.9 Å². The summed E-state index contributed by atoms with van der Waals surface area (Å²) in [5, 5.41) is 13.0. The maximum Gasteiger partial charge on any atom is 0.0611 e. The van der Waals surface area contributed by atoms with Crippen LogP contribution in [-0.4, -0.2) is 47.8 Å². The summed E-state index contributed by atoms with van der Waals surface area (Å²) in [5.41, 5.74) is 0.302. The third kappa shape index (κ3) is 4.52. The standard InChI is InChI=1S/C15H32N2O/c1-6-16-15(5,12-18)10-13(2)17-9-7-8-14(3,4)11-17/h13,16,18H,6-12H2,1-5H3. The minimum Gasteiger partial charge on any atom is -0.394 e. The molecule has 0 aromatic carbocycles. The van der Waals surface area contributed by atoms with Gasteiger partial charge in [-0.1, -0.05) is 20.8 Å². The molecule has 1 saturated heterocycles. The van der Waals surface area contributed by atoms with E-state index in [4.69, 9.17) is 0 Å². The predicted octanol–water partition coefficient (Wildman–Crippen LogP) is 2.25. The second-order valence-corrected chi connectivity index (χ2v) is 7.04. The highest BCUT2D eigenvalue weighted by Gasteiger charge is 2.32. The topological polar surface area (TPSA) is 35.5 Å². The molecule has 1 heterocycles. The van der Waals surface area contributed by atoms with Gasteiger partial charge in [-0.3, -0.25) is 0 Å². The highest BCUT2D eigenvalue weighted by Crippen LogP contribution is 2.30. The van der Waals surface area contributed by atoms with Crippen molar-refractivity contribution in [2.24, 2.45) is 5.41 Å². The molecule has 3 heteroatoms. The summed E-state index contributed by atoms with van der Waals surface area (Å²) in [5.74, 6) is 0. The molecule has 1 aliphatic heterocycles. The van der Waals surface area contributed by atoms with Gasteiger partial charge in [0.15, 0.2) is 0 Å². The van der Waals surface area contributed by atoms with E-state index in [-0.39, 0.29) is 12.1 Å². The molecule has 0 aliphatic carbocycles. The molecule has 2 atom stereocenters. The van der Waals surface area contributed by atoms with Crippen molar-refractivity contribution in [2.45, 2.75) is 65.5 Å². The molecule has 0 spiro atoms. The molecule has 108 valence electrons. The molecule has 3 nitrogen and oxygen atoms in total. The van der Waals surface area contributed by atoms with Crippen LogP contribution in [0.2, 0.25) is 0 Å². The van der Waals surface area contributed by atoms with Gasteiger partial charge in [-0.05, 0) is 51.6 Å². The van der Waals surface area contributed by atoms with Gasteiger partial charge in [0, 0.05) is 18.1 Å². The molecular formula is C15H32N2O. The van der Waals surface area contributed by atoms with Crippen molar-refractivity contribution in [2.75, 3.05) is 26.2 Å². The van der Waals surface area contributed by atoms with Crippen molar-refractivity contribution in [1.82, 2.24) is 10.2 Å². The summed E-state index contributed by atoms with van der Waals surface area (Å²) in [6, 6.07) is 0.528. The molecule has 1 fully saturated rings. The van der Waals surface area contributed by atoms with E-state index in [0.29, 0.717) is 11.5 Å². The average molecular weight is 256 g/mol. The molecule has 1 rings (SSSR count). The molecule has 0 bridgehead atoms. The maximum atomic E-state index is 9.59. The van der Waals surface area contributed by atoms with Gasteiger partial charge in [-0.2, -0.15) is 0 Å². The zero-order chi connectivity index (χ0) is 13.8. The van der Waals surface area contributed by atoms with E-state index in [9.17, 15) is 5.11 Å². The first kappa shape index (κ1) is 15.9. The Balaban J connectivity index is 2.55. The van der Waals surface area contributed by atoms with Gasteiger partial charge >= 0.3 is 0 Å². The Morgan fingerprint density at radius 2 is 2.11 bits per heavy atom. The van der Waals surface area contributed by atoms with E-state index in [1.165, 1.54) is 25.9 Å². The number of hydrogen-bond donors (Lipinski definition) is 2. The van der Waals surface area contributed by atoms with E-state index in [2.05, 4.69) is 44.8 Å². The minimum atomic E-state index is -0.143. The number of nitrogens with zero attached hydrogens (tertiary/aromatic N) is 1. The number of aliphatic hydroxyl groups excluding tert-OH is 1. The van der Waals surface area contributed by atoms with Crippen molar-refractivity contribution >= 4 is 0 Å². The van der Waals surface area contributed by atoms with Gasteiger partial charge in [0.2, 0.25) is 0 Å². The van der Waals surface area contributed by atoms with Crippen LogP contribution in [0.5, 0.6) is 0 Å². The lowest BCUT2D eigenvalue weighted by atomic mass is 9.82. The predicted molar refractivity (Wildman–Crippen MR) is 77.8 cm³/mol. The van der Waals surface area contributed by atoms with Crippen LogP contribution >= 0.6 is 0 Å². The number of likely N-dealkylation sites (N-methyl/N-ethyl adjacent to an activating group) is 1. The van der Waals surface area contributed by atoms with Crippen LogP contribution in [0.4, 0.5) is 0 Å². The largest absolute Gasteiger partial charge is 0.394 e. The molecule has 0 radical (unpaired) electrons. The number of rotatable bonds is 6. The Morgan fingerprint density at radius 3 is 2.61 bits per heavy atom. The quantitative estimate of drug-likeness (QED) is 0.765. The monoisotopic (exact) mass is 256 g/mol. The first-order valence-electron chi connectivity index (χ1n) is 7.42. The van der Waals surface area contributed by atoms with E-state index >= 15 is 0 Å². The van der Waals surface area contributed by atoms with Crippen molar-refractivity contribution < 1.29 is 5.11 Å². The smallest absolute Gasteiger partial charge is 0.0611 e. The van der Waals surface area contributed by atoms with Gasteiger partial charge in [0.1, 0.15) is 0 Å². The van der Waals surface area contributed by atoms with E-state index in [0.717, 1.165) is 13.0 Å². The fourth-order valence-electron chi connectivity index (χ4n) is 3.25. The first-order chi connectivity index (χ1) is 8.32. The molecule has 2 unspecified atom stereocenters. The van der Waals surface area contributed by atoms with Crippen LogP contribution in [0.15, 0.2) is 0 Å². The molecular weight excluding hydrogens is 224 g/mol. The Kier molecular flexibility index (Phi) is 5.63. The summed E-state index contributed by atoms with van der Waals surface area (Å²) in [6.07, 6.45) is 3.64. The van der Waals surface area contributed by atoms with E-state index in [1.54, 1.807) is 0 Å². The lowest BCUT2D eigenvalue weighted by Crippen LogP contribution is -2.52. The fraction of sp³-hybridized carbons (Fsp3) is 1.00. The zero-order valence-electron chi connectivity index (χ0n) is 12.9. The number of aliphatic hydroxyl groups is 1. The molecule has 0 aromatic heterocycles. The number of nitrogens with one attached hydrogen (secondary N) is 1. The number of likely N-dealkylation sites (tertiary alicyclic amines) is 1. The summed E-state index contributed by atoms with van der Waals surface area (Å²) in [7, 11) is 0. The Labute approximate surface area is 113 Å². The summed E-state index contributed by atoms with van der Waals surface area (Å²) in [6.45, 7) is 14.8. The highest BCUT2D eigenvalue weighted by atomic mass is 16.3. The van der Waals surface area contributed by atoms with Gasteiger partial charge in [-0.25, -0.2) is 0 Å². The molecule has 0 aromatic rings. The van der Waals surface area contributed by atoms with Crippen molar-refractivity contribution in [3.63, 3.8) is 0 Å².